The van der Waals surface area contributed by atoms with E-state index < -0.39 is 0 Å². The summed E-state index contributed by atoms with van der Waals surface area (Å²) >= 11 is 1.83. The van der Waals surface area contributed by atoms with Crippen LogP contribution in [0.5, 0.6) is 0 Å². The summed E-state index contributed by atoms with van der Waals surface area (Å²) in [6, 6.07) is 4.33. The van der Waals surface area contributed by atoms with Crippen molar-refractivity contribution in [3.63, 3.8) is 0 Å². The Morgan fingerprint density at radius 3 is 2.62 bits per heavy atom. The second kappa shape index (κ2) is 4.25. The number of aliphatic hydroxyl groups excluding tert-OH is 1. The fraction of sp³-hybridized carbons (Fsp3) is 0.636. The Morgan fingerprint density at radius 2 is 2.08 bits per heavy atom. The van der Waals surface area contributed by atoms with E-state index in [2.05, 4.69) is 32.9 Å². The molecule has 1 N–H and O–H groups in total. The summed E-state index contributed by atoms with van der Waals surface area (Å²) in [4.78, 5) is 2.72. The van der Waals surface area contributed by atoms with E-state index in [1.807, 2.05) is 11.3 Å². The highest BCUT2D eigenvalue weighted by Gasteiger charge is 2.20. The van der Waals surface area contributed by atoms with Crippen LogP contribution in [0.4, 0.5) is 0 Å². The molecule has 1 heterocycles. The van der Waals surface area contributed by atoms with Gasteiger partial charge in [0.05, 0.1) is 6.61 Å². The van der Waals surface area contributed by atoms with Crippen molar-refractivity contribution < 1.29 is 5.11 Å². The van der Waals surface area contributed by atoms with Crippen LogP contribution in [0, 0.1) is 0 Å². The molecule has 1 nitrogen and oxygen atoms in total. The normalized spacial score (nSPS) is 12.0. The number of thiophene rings is 1. The van der Waals surface area contributed by atoms with Gasteiger partial charge in [-0.15, -0.1) is 11.3 Å². The predicted molar refractivity (Wildman–Crippen MR) is 58.4 cm³/mol. The first-order valence-electron chi connectivity index (χ1n) is 4.80. The zero-order chi connectivity index (χ0) is 9.90. The first-order chi connectivity index (χ1) is 6.10. The van der Waals surface area contributed by atoms with E-state index in [1.54, 1.807) is 0 Å². The van der Waals surface area contributed by atoms with Crippen LogP contribution >= 0.6 is 11.3 Å². The number of aliphatic hydroxyl groups is 1. The SMILES string of the molecule is CCCc1ccc(C(C)(C)CO)s1. The van der Waals surface area contributed by atoms with Gasteiger partial charge in [-0.2, -0.15) is 0 Å². The standard InChI is InChI=1S/C11H18OS/c1-4-5-9-6-7-10(13-9)11(2,3)8-12/h6-7,12H,4-5,8H2,1-3H3. The van der Waals surface area contributed by atoms with Crippen LogP contribution in [-0.4, -0.2) is 11.7 Å². The van der Waals surface area contributed by atoms with Crippen LogP contribution in [0.3, 0.4) is 0 Å². The molecule has 74 valence electrons. The smallest absolute Gasteiger partial charge is 0.0530 e. The molecule has 0 spiro atoms. The van der Waals surface area contributed by atoms with Gasteiger partial charge in [0.25, 0.3) is 0 Å². The summed E-state index contributed by atoms with van der Waals surface area (Å²) in [6.07, 6.45) is 2.35. The van der Waals surface area contributed by atoms with Crippen LogP contribution in [-0.2, 0) is 11.8 Å². The number of hydrogen-bond acceptors (Lipinski definition) is 2. The van der Waals surface area contributed by atoms with Crippen LogP contribution in [0.2, 0.25) is 0 Å². The van der Waals surface area contributed by atoms with Crippen molar-refractivity contribution in [2.24, 2.45) is 0 Å². The molecule has 0 aliphatic rings. The van der Waals surface area contributed by atoms with Crippen molar-refractivity contribution in [3.05, 3.63) is 21.9 Å². The number of rotatable bonds is 4. The molecule has 1 aromatic heterocycles. The van der Waals surface area contributed by atoms with Crippen LogP contribution < -0.4 is 0 Å². The Labute approximate surface area is 84.4 Å². The van der Waals surface area contributed by atoms with Crippen LogP contribution in [0.1, 0.15) is 36.9 Å². The van der Waals surface area contributed by atoms with Crippen molar-refractivity contribution in [1.82, 2.24) is 0 Å². The average molecular weight is 198 g/mol. The summed E-state index contributed by atoms with van der Waals surface area (Å²) in [6.45, 7) is 6.57. The molecule has 0 saturated heterocycles. The number of hydrogen-bond donors (Lipinski definition) is 1. The van der Waals surface area contributed by atoms with Gasteiger partial charge in [-0.05, 0) is 18.6 Å². The highest BCUT2D eigenvalue weighted by Crippen LogP contribution is 2.30. The lowest BCUT2D eigenvalue weighted by Gasteiger charge is -2.19. The second-order valence-electron chi connectivity index (χ2n) is 4.06. The minimum Gasteiger partial charge on any atom is -0.395 e. The lowest BCUT2D eigenvalue weighted by molar-refractivity contribution is 0.221. The van der Waals surface area contributed by atoms with E-state index in [1.165, 1.54) is 16.2 Å². The molecule has 0 aliphatic carbocycles. The summed E-state index contributed by atoms with van der Waals surface area (Å²) in [7, 11) is 0. The van der Waals surface area contributed by atoms with Gasteiger partial charge in [-0.1, -0.05) is 27.2 Å². The van der Waals surface area contributed by atoms with E-state index >= 15 is 0 Å². The quantitative estimate of drug-likeness (QED) is 0.788. The maximum atomic E-state index is 9.19. The van der Waals surface area contributed by atoms with Gasteiger partial charge in [0.15, 0.2) is 0 Å². The third-order valence-electron chi connectivity index (χ3n) is 2.22. The van der Waals surface area contributed by atoms with Crippen molar-refractivity contribution in [1.29, 1.82) is 0 Å². The molecule has 0 aliphatic heterocycles. The summed E-state index contributed by atoms with van der Waals surface area (Å²) in [5.74, 6) is 0. The lowest BCUT2D eigenvalue weighted by atomic mass is 9.93. The summed E-state index contributed by atoms with van der Waals surface area (Å²) in [5.41, 5.74) is -0.0728. The molecule has 0 atom stereocenters. The fourth-order valence-corrected chi connectivity index (χ4v) is 2.40. The van der Waals surface area contributed by atoms with Gasteiger partial charge in [0.2, 0.25) is 0 Å². The largest absolute Gasteiger partial charge is 0.395 e. The summed E-state index contributed by atoms with van der Waals surface area (Å²) in [5, 5.41) is 9.19. The maximum Gasteiger partial charge on any atom is 0.0530 e. The first-order valence-corrected chi connectivity index (χ1v) is 5.62. The molecule has 0 saturated carbocycles. The highest BCUT2D eigenvalue weighted by atomic mass is 32.1. The Kier molecular flexibility index (Phi) is 3.51. The fourth-order valence-electron chi connectivity index (χ4n) is 1.20. The first kappa shape index (κ1) is 10.7. The van der Waals surface area contributed by atoms with Gasteiger partial charge in [-0.25, -0.2) is 0 Å². The summed E-state index contributed by atoms with van der Waals surface area (Å²) < 4.78 is 0. The van der Waals surface area contributed by atoms with Gasteiger partial charge < -0.3 is 5.11 Å². The number of aryl methyl sites for hydroxylation is 1. The molecule has 0 fully saturated rings. The van der Waals surface area contributed by atoms with Crippen LogP contribution in [0.25, 0.3) is 0 Å². The molecule has 0 aromatic carbocycles. The Bertz CT molecular complexity index is 263. The molecule has 0 bridgehead atoms. The van der Waals surface area contributed by atoms with Crippen molar-refractivity contribution in [2.45, 2.75) is 39.0 Å². The van der Waals surface area contributed by atoms with E-state index in [9.17, 15) is 5.11 Å². The third kappa shape index (κ3) is 2.55. The zero-order valence-corrected chi connectivity index (χ0v) is 9.45. The molecular formula is C11H18OS. The Hall–Kier alpha value is -0.340. The van der Waals surface area contributed by atoms with E-state index in [0.29, 0.717) is 0 Å². The van der Waals surface area contributed by atoms with Crippen molar-refractivity contribution >= 4 is 11.3 Å². The zero-order valence-electron chi connectivity index (χ0n) is 8.63. The second-order valence-corrected chi connectivity index (χ2v) is 5.23. The monoisotopic (exact) mass is 198 g/mol. The van der Waals surface area contributed by atoms with Gasteiger partial charge in [-0.3, -0.25) is 0 Å². The average Bonchev–Trinajstić information content (AvgIpc) is 2.54. The Balaban J connectivity index is 2.79. The van der Waals surface area contributed by atoms with Gasteiger partial charge in [0.1, 0.15) is 0 Å². The molecule has 1 aromatic rings. The topological polar surface area (TPSA) is 20.2 Å². The van der Waals surface area contributed by atoms with E-state index in [0.717, 1.165) is 6.42 Å². The van der Waals surface area contributed by atoms with Gasteiger partial charge in [0, 0.05) is 15.2 Å². The molecule has 1 rings (SSSR count). The predicted octanol–water partition coefficient (Wildman–Crippen LogP) is 2.97. The minimum atomic E-state index is -0.0728. The van der Waals surface area contributed by atoms with Gasteiger partial charge >= 0.3 is 0 Å². The van der Waals surface area contributed by atoms with Crippen molar-refractivity contribution in [3.8, 4) is 0 Å². The van der Waals surface area contributed by atoms with Crippen molar-refractivity contribution in [2.75, 3.05) is 6.61 Å². The molecule has 2 heteroatoms. The van der Waals surface area contributed by atoms with E-state index in [4.69, 9.17) is 0 Å². The molecule has 13 heavy (non-hydrogen) atoms. The molecule has 0 radical (unpaired) electrons. The minimum absolute atomic E-state index is 0.0728. The molecular weight excluding hydrogens is 180 g/mol. The van der Waals surface area contributed by atoms with E-state index in [-0.39, 0.29) is 12.0 Å². The molecule has 0 unspecified atom stereocenters. The maximum absolute atomic E-state index is 9.19. The van der Waals surface area contributed by atoms with Crippen LogP contribution in [0.15, 0.2) is 12.1 Å². The third-order valence-corrected chi connectivity index (χ3v) is 3.73. The molecule has 0 amide bonds. The highest BCUT2D eigenvalue weighted by molar-refractivity contribution is 7.12. The lowest BCUT2D eigenvalue weighted by Crippen LogP contribution is -2.20. The Morgan fingerprint density at radius 1 is 1.38 bits per heavy atom.